The highest BCUT2D eigenvalue weighted by molar-refractivity contribution is 5.92. The first-order valence-corrected chi connectivity index (χ1v) is 5.51. The molecule has 0 fully saturated rings. The molecule has 2 atom stereocenters. The van der Waals surface area contributed by atoms with Crippen molar-refractivity contribution < 1.29 is 4.79 Å². The minimum atomic E-state index is 0.0650. The Labute approximate surface area is 91.7 Å². The number of para-hydroxylation sites is 1. The van der Waals surface area contributed by atoms with Crippen LogP contribution in [0, 0.1) is 11.8 Å². The van der Waals surface area contributed by atoms with E-state index in [0.717, 1.165) is 12.1 Å². The molecular weight excluding hydrogens is 186 g/mol. The summed E-state index contributed by atoms with van der Waals surface area (Å²) in [5.74, 6) is 0.597. The third kappa shape index (κ3) is 3.39. The molecule has 1 aromatic carbocycles. The smallest absolute Gasteiger partial charge is 0.227 e. The van der Waals surface area contributed by atoms with E-state index >= 15 is 0 Å². The van der Waals surface area contributed by atoms with Gasteiger partial charge in [0, 0.05) is 11.6 Å². The van der Waals surface area contributed by atoms with Crippen LogP contribution in [0.5, 0.6) is 0 Å². The molecule has 82 valence electrons. The maximum atomic E-state index is 11.8. The van der Waals surface area contributed by atoms with E-state index in [9.17, 15) is 4.79 Å². The van der Waals surface area contributed by atoms with Crippen LogP contribution in [0.2, 0.25) is 0 Å². The molecule has 0 aliphatic carbocycles. The summed E-state index contributed by atoms with van der Waals surface area (Å²) in [4.78, 5) is 11.8. The van der Waals surface area contributed by atoms with E-state index in [0.29, 0.717) is 5.92 Å². The second-order valence-corrected chi connectivity index (χ2v) is 4.03. The summed E-state index contributed by atoms with van der Waals surface area (Å²) in [5.41, 5.74) is 0.873. The predicted molar refractivity (Wildman–Crippen MR) is 63.7 cm³/mol. The van der Waals surface area contributed by atoms with E-state index in [-0.39, 0.29) is 11.8 Å². The Kier molecular flexibility index (Phi) is 4.35. The van der Waals surface area contributed by atoms with Crippen LogP contribution in [-0.2, 0) is 4.79 Å². The summed E-state index contributed by atoms with van der Waals surface area (Å²) in [5, 5.41) is 2.92. The van der Waals surface area contributed by atoms with E-state index in [4.69, 9.17) is 0 Å². The predicted octanol–water partition coefficient (Wildman–Crippen LogP) is 3.31. The Hall–Kier alpha value is -1.31. The van der Waals surface area contributed by atoms with Gasteiger partial charge in [0.1, 0.15) is 0 Å². The standard InChI is InChI=1S/C13H19NO/c1-4-10(2)11(3)13(15)14-12-8-6-5-7-9-12/h5-11H,4H2,1-3H3,(H,14,15). The molecule has 1 aromatic rings. The molecule has 2 nitrogen and oxygen atoms in total. The Morgan fingerprint density at radius 1 is 1.27 bits per heavy atom. The molecule has 1 rings (SSSR count). The monoisotopic (exact) mass is 205 g/mol. The van der Waals surface area contributed by atoms with Crippen LogP contribution in [0.3, 0.4) is 0 Å². The Morgan fingerprint density at radius 2 is 1.87 bits per heavy atom. The van der Waals surface area contributed by atoms with Gasteiger partial charge in [-0.2, -0.15) is 0 Å². The normalized spacial score (nSPS) is 14.3. The zero-order chi connectivity index (χ0) is 11.3. The molecule has 0 bridgehead atoms. The lowest BCUT2D eigenvalue weighted by atomic mass is 9.93. The van der Waals surface area contributed by atoms with Crippen LogP contribution in [0.4, 0.5) is 5.69 Å². The van der Waals surface area contributed by atoms with Gasteiger partial charge in [0.15, 0.2) is 0 Å². The highest BCUT2D eigenvalue weighted by Crippen LogP contribution is 2.16. The first-order valence-electron chi connectivity index (χ1n) is 5.51. The highest BCUT2D eigenvalue weighted by Gasteiger charge is 2.18. The van der Waals surface area contributed by atoms with Crippen LogP contribution < -0.4 is 5.32 Å². The average molecular weight is 205 g/mol. The summed E-state index contributed by atoms with van der Waals surface area (Å²) in [6.07, 6.45) is 1.03. The molecule has 0 saturated heterocycles. The second kappa shape index (κ2) is 5.54. The number of carbonyl (C=O) groups is 1. The largest absolute Gasteiger partial charge is 0.326 e. The van der Waals surface area contributed by atoms with Crippen LogP contribution in [-0.4, -0.2) is 5.91 Å². The van der Waals surface area contributed by atoms with Gasteiger partial charge in [-0.25, -0.2) is 0 Å². The van der Waals surface area contributed by atoms with Crippen molar-refractivity contribution in [3.05, 3.63) is 30.3 Å². The molecule has 1 N–H and O–H groups in total. The van der Waals surface area contributed by atoms with Crippen LogP contribution in [0.1, 0.15) is 27.2 Å². The topological polar surface area (TPSA) is 29.1 Å². The molecule has 0 aliphatic heterocycles. The minimum Gasteiger partial charge on any atom is -0.326 e. The lowest BCUT2D eigenvalue weighted by Crippen LogP contribution is -2.25. The van der Waals surface area contributed by atoms with E-state index in [1.54, 1.807) is 0 Å². The van der Waals surface area contributed by atoms with Crippen LogP contribution in [0.15, 0.2) is 30.3 Å². The maximum Gasteiger partial charge on any atom is 0.227 e. The molecule has 0 heterocycles. The van der Waals surface area contributed by atoms with Crippen molar-refractivity contribution in [2.45, 2.75) is 27.2 Å². The Balaban J connectivity index is 2.56. The quantitative estimate of drug-likeness (QED) is 0.802. The van der Waals surface area contributed by atoms with Gasteiger partial charge in [-0.3, -0.25) is 4.79 Å². The first kappa shape index (κ1) is 11.8. The minimum absolute atomic E-state index is 0.0650. The molecule has 0 aliphatic rings. The number of rotatable bonds is 4. The van der Waals surface area contributed by atoms with Gasteiger partial charge >= 0.3 is 0 Å². The zero-order valence-corrected chi connectivity index (χ0v) is 9.66. The first-order chi connectivity index (χ1) is 7.15. The van der Waals surface area contributed by atoms with Crippen molar-refractivity contribution in [2.75, 3.05) is 5.32 Å². The number of benzene rings is 1. The third-order valence-electron chi connectivity index (χ3n) is 2.95. The van der Waals surface area contributed by atoms with Gasteiger partial charge in [0.2, 0.25) is 5.91 Å². The number of hydrogen-bond donors (Lipinski definition) is 1. The Bertz CT molecular complexity index is 308. The molecular formula is C13H19NO. The number of amides is 1. The lowest BCUT2D eigenvalue weighted by Gasteiger charge is -2.17. The Morgan fingerprint density at radius 3 is 2.40 bits per heavy atom. The van der Waals surface area contributed by atoms with Crippen molar-refractivity contribution in [1.82, 2.24) is 0 Å². The summed E-state index contributed by atoms with van der Waals surface area (Å²) in [7, 11) is 0. The molecule has 2 unspecified atom stereocenters. The van der Waals surface area contributed by atoms with Crippen molar-refractivity contribution in [3.8, 4) is 0 Å². The fourth-order valence-electron chi connectivity index (χ4n) is 1.39. The van der Waals surface area contributed by atoms with Crippen molar-refractivity contribution in [3.63, 3.8) is 0 Å². The molecule has 15 heavy (non-hydrogen) atoms. The molecule has 0 spiro atoms. The summed E-state index contributed by atoms with van der Waals surface area (Å²) in [6, 6.07) is 9.59. The maximum absolute atomic E-state index is 11.8. The van der Waals surface area contributed by atoms with Crippen molar-refractivity contribution in [2.24, 2.45) is 11.8 Å². The molecule has 0 radical (unpaired) electrons. The molecule has 0 aromatic heterocycles. The molecule has 0 saturated carbocycles. The van der Waals surface area contributed by atoms with Gasteiger partial charge < -0.3 is 5.32 Å². The van der Waals surface area contributed by atoms with E-state index in [1.165, 1.54) is 0 Å². The highest BCUT2D eigenvalue weighted by atomic mass is 16.1. The lowest BCUT2D eigenvalue weighted by molar-refractivity contribution is -0.120. The van der Waals surface area contributed by atoms with Gasteiger partial charge in [0.05, 0.1) is 0 Å². The number of anilines is 1. The summed E-state index contributed by atoms with van der Waals surface area (Å²) >= 11 is 0. The van der Waals surface area contributed by atoms with Crippen LogP contribution in [0.25, 0.3) is 0 Å². The average Bonchev–Trinajstić information content (AvgIpc) is 2.28. The van der Waals surface area contributed by atoms with Crippen molar-refractivity contribution in [1.29, 1.82) is 0 Å². The van der Waals surface area contributed by atoms with E-state index in [2.05, 4.69) is 19.2 Å². The van der Waals surface area contributed by atoms with E-state index in [1.807, 2.05) is 37.3 Å². The molecule has 1 amide bonds. The van der Waals surface area contributed by atoms with E-state index < -0.39 is 0 Å². The van der Waals surface area contributed by atoms with Gasteiger partial charge in [0.25, 0.3) is 0 Å². The summed E-state index contributed by atoms with van der Waals surface area (Å²) < 4.78 is 0. The number of carbonyl (C=O) groups excluding carboxylic acids is 1. The summed E-state index contributed by atoms with van der Waals surface area (Å²) in [6.45, 7) is 6.19. The fraction of sp³-hybridized carbons (Fsp3) is 0.462. The third-order valence-corrected chi connectivity index (χ3v) is 2.95. The van der Waals surface area contributed by atoms with Crippen LogP contribution >= 0.6 is 0 Å². The second-order valence-electron chi connectivity index (χ2n) is 4.03. The number of hydrogen-bond acceptors (Lipinski definition) is 1. The van der Waals surface area contributed by atoms with Gasteiger partial charge in [-0.05, 0) is 18.1 Å². The number of nitrogens with one attached hydrogen (secondary N) is 1. The molecule has 2 heteroatoms. The van der Waals surface area contributed by atoms with Crippen molar-refractivity contribution >= 4 is 11.6 Å². The SMILES string of the molecule is CCC(C)C(C)C(=O)Nc1ccccc1. The zero-order valence-electron chi connectivity index (χ0n) is 9.66. The van der Waals surface area contributed by atoms with Gasteiger partial charge in [-0.1, -0.05) is 45.4 Å². The van der Waals surface area contributed by atoms with Gasteiger partial charge in [-0.15, -0.1) is 0 Å². The fourth-order valence-corrected chi connectivity index (χ4v) is 1.39.